The first kappa shape index (κ1) is 14.3. The van der Waals surface area contributed by atoms with Crippen LogP contribution in [0.1, 0.15) is 12.8 Å². The Labute approximate surface area is 134 Å². The fourth-order valence-corrected chi connectivity index (χ4v) is 5.56. The van der Waals surface area contributed by atoms with Crippen LogP contribution in [0.15, 0.2) is 10.4 Å². The van der Waals surface area contributed by atoms with Gasteiger partial charge in [0, 0.05) is 51.9 Å². The van der Waals surface area contributed by atoms with E-state index in [1.54, 1.807) is 0 Å². The van der Waals surface area contributed by atoms with Crippen molar-refractivity contribution in [3.05, 3.63) is 6.20 Å². The van der Waals surface area contributed by atoms with Crippen molar-refractivity contribution in [3.8, 4) is 0 Å². The number of nitrogens with zero attached hydrogens (tertiary/aromatic N) is 4. The Morgan fingerprint density at radius 2 is 2.10 bits per heavy atom. The molecule has 1 aromatic rings. The van der Waals surface area contributed by atoms with E-state index < -0.39 is 0 Å². The zero-order valence-corrected chi connectivity index (χ0v) is 14.0. The summed E-state index contributed by atoms with van der Waals surface area (Å²) in [4.78, 5) is 9.83. The number of hydrogen-bond acceptors (Lipinski definition) is 7. The first-order valence-electron chi connectivity index (χ1n) is 7.97. The third kappa shape index (κ3) is 3.22. The summed E-state index contributed by atoms with van der Waals surface area (Å²) in [5.41, 5.74) is 0. The van der Waals surface area contributed by atoms with E-state index in [1.165, 1.54) is 41.8 Å². The monoisotopic (exact) mass is 325 g/mol. The van der Waals surface area contributed by atoms with E-state index in [0.717, 1.165) is 38.8 Å². The lowest BCUT2D eigenvalue weighted by molar-refractivity contribution is 0.231. The lowest BCUT2D eigenvalue weighted by Crippen LogP contribution is -2.50. The number of rotatable bonds is 3. The predicted molar refractivity (Wildman–Crippen MR) is 89.2 cm³/mol. The summed E-state index contributed by atoms with van der Waals surface area (Å²) >= 11 is 3.75. The molecule has 1 N–H and O–H groups in total. The average Bonchev–Trinajstić information content (AvgIpc) is 3.16. The maximum absolute atomic E-state index is 4.68. The third-order valence-electron chi connectivity index (χ3n) is 4.63. The number of fused-ring (bicyclic) bond motifs is 1. The van der Waals surface area contributed by atoms with Gasteiger partial charge in [-0.15, -0.1) is 0 Å². The van der Waals surface area contributed by atoms with Gasteiger partial charge in [-0.25, -0.2) is 9.29 Å². The summed E-state index contributed by atoms with van der Waals surface area (Å²) in [5, 5.41) is 4.62. The van der Waals surface area contributed by atoms with E-state index in [1.807, 2.05) is 23.3 Å². The average molecular weight is 326 g/mol. The lowest BCUT2D eigenvalue weighted by Gasteiger charge is -2.37. The van der Waals surface area contributed by atoms with Crippen LogP contribution in [0.3, 0.4) is 0 Å². The van der Waals surface area contributed by atoms with Crippen molar-refractivity contribution in [2.24, 2.45) is 0 Å². The molecule has 1 unspecified atom stereocenters. The van der Waals surface area contributed by atoms with Crippen molar-refractivity contribution in [2.45, 2.75) is 23.1 Å². The van der Waals surface area contributed by atoms with Gasteiger partial charge in [-0.3, -0.25) is 4.90 Å². The van der Waals surface area contributed by atoms with E-state index in [9.17, 15) is 0 Å². The number of anilines is 1. The second-order valence-electron chi connectivity index (χ2n) is 6.01. The maximum Gasteiger partial charge on any atom is 0.186 e. The standard InChI is InChI=1S/C14H23N5S2/c1-2-12-11-18(9-8-17(12)5-1)14-16-10-13(20-14)21-19-6-3-15-4-7-19/h10,12,15H,1-9,11H2. The number of aromatic nitrogens is 1. The molecule has 0 spiro atoms. The largest absolute Gasteiger partial charge is 0.345 e. The molecular weight excluding hydrogens is 302 g/mol. The summed E-state index contributed by atoms with van der Waals surface area (Å²) < 4.78 is 3.78. The van der Waals surface area contributed by atoms with Crippen molar-refractivity contribution in [1.82, 2.24) is 19.5 Å². The Kier molecular flexibility index (Phi) is 4.36. The van der Waals surface area contributed by atoms with Gasteiger partial charge in [-0.1, -0.05) is 11.3 Å². The lowest BCUT2D eigenvalue weighted by atomic mass is 10.2. The highest BCUT2D eigenvalue weighted by Gasteiger charge is 2.31. The number of thiazole rings is 1. The normalized spacial score (nSPS) is 28.0. The quantitative estimate of drug-likeness (QED) is 0.845. The third-order valence-corrected chi connectivity index (χ3v) is 6.86. The van der Waals surface area contributed by atoms with Crippen LogP contribution in [0.25, 0.3) is 0 Å². The molecule has 3 aliphatic heterocycles. The highest BCUT2D eigenvalue weighted by atomic mass is 32.2. The maximum atomic E-state index is 4.68. The molecule has 0 amide bonds. The van der Waals surface area contributed by atoms with E-state index in [0.29, 0.717) is 0 Å². The minimum Gasteiger partial charge on any atom is -0.345 e. The molecule has 4 rings (SSSR count). The van der Waals surface area contributed by atoms with Gasteiger partial charge < -0.3 is 10.2 Å². The Morgan fingerprint density at radius 1 is 1.19 bits per heavy atom. The van der Waals surface area contributed by atoms with E-state index >= 15 is 0 Å². The van der Waals surface area contributed by atoms with Crippen molar-refractivity contribution >= 4 is 28.4 Å². The Morgan fingerprint density at radius 3 is 3.00 bits per heavy atom. The first-order valence-corrected chi connectivity index (χ1v) is 9.56. The highest BCUT2D eigenvalue weighted by Crippen LogP contribution is 2.34. The van der Waals surface area contributed by atoms with Gasteiger partial charge in [0.25, 0.3) is 0 Å². The number of nitrogens with one attached hydrogen (secondary N) is 1. The van der Waals surface area contributed by atoms with Gasteiger partial charge in [-0.2, -0.15) is 0 Å². The molecule has 1 aromatic heterocycles. The first-order chi connectivity index (χ1) is 10.4. The molecule has 116 valence electrons. The van der Waals surface area contributed by atoms with Gasteiger partial charge in [0.05, 0.1) is 10.4 Å². The molecule has 0 bridgehead atoms. The van der Waals surface area contributed by atoms with Crippen molar-refractivity contribution < 1.29 is 0 Å². The minimum atomic E-state index is 0.770. The zero-order chi connectivity index (χ0) is 14.1. The summed E-state index contributed by atoms with van der Waals surface area (Å²) in [5.74, 6) is 0. The smallest absolute Gasteiger partial charge is 0.186 e. The summed E-state index contributed by atoms with van der Waals surface area (Å²) in [6.45, 7) is 9.28. The molecule has 4 heterocycles. The van der Waals surface area contributed by atoms with Crippen molar-refractivity contribution in [3.63, 3.8) is 0 Å². The zero-order valence-electron chi connectivity index (χ0n) is 12.3. The Bertz CT molecular complexity index is 474. The molecule has 3 saturated heterocycles. The molecule has 21 heavy (non-hydrogen) atoms. The van der Waals surface area contributed by atoms with Gasteiger partial charge in [-0.05, 0) is 31.3 Å². The van der Waals surface area contributed by atoms with Crippen LogP contribution >= 0.6 is 23.3 Å². The molecule has 0 aliphatic carbocycles. The van der Waals surface area contributed by atoms with Crippen LogP contribution in [-0.4, -0.2) is 72.6 Å². The predicted octanol–water partition coefficient (Wildman–Crippen LogP) is 1.34. The van der Waals surface area contributed by atoms with Crippen LogP contribution in [0.5, 0.6) is 0 Å². The molecule has 3 aliphatic rings. The Hall–Kier alpha value is -0.340. The van der Waals surface area contributed by atoms with E-state index in [4.69, 9.17) is 0 Å². The fraction of sp³-hybridized carbons (Fsp3) is 0.786. The van der Waals surface area contributed by atoms with Crippen LogP contribution in [0.4, 0.5) is 5.13 Å². The van der Waals surface area contributed by atoms with Crippen LogP contribution in [0.2, 0.25) is 0 Å². The SMILES string of the molecule is c1nc(N2CCN3CCCC3C2)sc1SN1CCNCC1. The summed E-state index contributed by atoms with van der Waals surface area (Å²) in [6.07, 6.45) is 4.80. The Balaban J connectivity index is 1.37. The minimum absolute atomic E-state index is 0.770. The molecular formula is C14H23N5S2. The van der Waals surface area contributed by atoms with Crippen molar-refractivity contribution in [1.29, 1.82) is 0 Å². The molecule has 5 nitrogen and oxygen atoms in total. The second-order valence-corrected chi connectivity index (χ2v) is 8.42. The van der Waals surface area contributed by atoms with Gasteiger partial charge >= 0.3 is 0 Å². The van der Waals surface area contributed by atoms with E-state index in [2.05, 4.69) is 30.6 Å². The summed E-state index contributed by atoms with van der Waals surface area (Å²) in [7, 11) is 0. The molecule has 0 radical (unpaired) electrons. The highest BCUT2D eigenvalue weighted by molar-refractivity contribution is 7.99. The summed E-state index contributed by atoms with van der Waals surface area (Å²) in [6, 6.07) is 0.770. The molecule has 3 fully saturated rings. The number of hydrogen-bond donors (Lipinski definition) is 1. The second kappa shape index (κ2) is 6.42. The fourth-order valence-electron chi connectivity index (χ4n) is 3.47. The van der Waals surface area contributed by atoms with Crippen LogP contribution in [0, 0.1) is 0 Å². The van der Waals surface area contributed by atoms with Crippen molar-refractivity contribution in [2.75, 3.05) is 57.3 Å². The molecule has 0 aromatic carbocycles. The number of piperazine rings is 2. The molecule has 1 atom stereocenters. The van der Waals surface area contributed by atoms with Crippen LogP contribution < -0.4 is 10.2 Å². The topological polar surface area (TPSA) is 34.6 Å². The molecule has 7 heteroatoms. The molecule has 0 saturated carbocycles. The van der Waals surface area contributed by atoms with Gasteiger partial charge in [0.2, 0.25) is 0 Å². The van der Waals surface area contributed by atoms with Crippen LogP contribution in [-0.2, 0) is 0 Å². The van der Waals surface area contributed by atoms with E-state index in [-0.39, 0.29) is 0 Å². The van der Waals surface area contributed by atoms with Gasteiger partial charge in [0.1, 0.15) is 0 Å². The van der Waals surface area contributed by atoms with Gasteiger partial charge in [0.15, 0.2) is 5.13 Å².